The van der Waals surface area contributed by atoms with Crippen LogP contribution in [0.4, 0.5) is 11.4 Å². The average Bonchev–Trinajstić information content (AvgIpc) is 2.89. The summed E-state index contributed by atoms with van der Waals surface area (Å²) in [4.78, 5) is 37.5. The monoisotopic (exact) mass is 362 g/mol. The minimum atomic E-state index is -0.478. The minimum absolute atomic E-state index is 0.141. The lowest BCUT2D eigenvalue weighted by Crippen LogP contribution is -2.29. The molecule has 2 aromatic carbocycles. The number of nitrogens with one attached hydrogen (secondary N) is 1. The zero-order valence-corrected chi connectivity index (χ0v) is 13.9. The molecule has 0 spiro atoms. The smallest absolute Gasteiger partial charge is 0.257 e. The van der Waals surface area contributed by atoms with Crippen molar-refractivity contribution < 1.29 is 14.4 Å². The van der Waals surface area contributed by atoms with Gasteiger partial charge in [-0.2, -0.15) is 0 Å². The number of rotatable bonds is 3. The van der Waals surface area contributed by atoms with E-state index in [0.29, 0.717) is 11.4 Å². The van der Waals surface area contributed by atoms with Crippen molar-refractivity contribution in [2.75, 3.05) is 10.2 Å². The third kappa shape index (κ3) is 3.00. The van der Waals surface area contributed by atoms with Gasteiger partial charge in [0.25, 0.3) is 5.91 Å². The third-order valence-electron chi connectivity index (χ3n) is 3.64. The van der Waals surface area contributed by atoms with Crippen molar-refractivity contribution in [3.05, 3.63) is 58.1 Å². The van der Waals surface area contributed by atoms with Gasteiger partial charge in [-0.25, -0.2) is 4.90 Å². The van der Waals surface area contributed by atoms with Crippen molar-refractivity contribution >= 4 is 52.3 Å². The first-order valence-corrected chi connectivity index (χ1v) is 7.95. The summed E-state index contributed by atoms with van der Waals surface area (Å²) in [5.41, 5.74) is 0.900. The molecule has 0 unspecified atom stereocenters. The highest BCUT2D eigenvalue weighted by Gasteiger charge is 2.32. The summed E-state index contributed by atoms with van der Waals surface area (Å²) in [6.45, 7) is 0. The van der Waals surface area contributed by atoms with Crippen LogP contribution in [0.25, 0.3) is 0 Å². The summed E-state index contributed by atoms with van der Waals surface area (Å²) in [5.74, 6) is -1.06. The topological polar surface area (TPSA) is 66.5 Å². The maximum Gasteiger partial charge on any atom is 0.257 e. The van der Waals surface area contributed by atoms with Crippen LogP contribution in [0, 0.1) is 0 Å². The number of benzene rings is 2. The van der Waals surface area contributed by atoms with E-state index in [9.17, 15) is 14.4 Å². The molecular weight excluding hydrogens is 351 g/mol. The molecular formula is C17H12Cl2N2O3. The molecule has 1 saturated heterocycles. The van der Waals surface area contributed by atoms with Gasteiger partial charge in [-0.15, -0.1) is 0 Å². The molecule has 5 nitrogen and oxygen atoms in total. The van der Waals surface area contributed by atoms with Crippen molar-refractivity contribution in [2.24, 2.45) is 0 Å². The summed E-state index contributed by atoms with van der Waals surface area (Å²) in [5, 5.41) is 3.09. The lowest BCUT2D eigenvalue weighted by Gasteiger charge is -2.18. The highest BCUT2D eigenvalue weighted by Crippen LogP contribution is 2.31. The summed E-state index contributed by atoms with van der Waals surface area (Å²) in [6.07, 6.45) is 0.336. The van der Waals surface area contributed by atoms with E-state index in [2.05, 4.69) is 5.32 Å². The van der Waals surface area contributed by atoms with Crippen molar-refractivity contribution in [3.63, 3.8) is 0 Å². The van der Waals surface area contributed by atoms with Crippen LogP contribution in [0.3, 0.4) is 0 Å². The van der Waals surface area contributed by atoms with Gasteiger partial charge in [-0.05, 0) is 24.3 Å². The molecule has 0 aliphatic carbocycles. The van der Waals surface area contributed by atoms with Crippen LogP contribution in [0.5, 0.6) is 0 Å². The predicted molar refractivity (Wildman–Crippen MR) is 92.6 cm³/mol. The van der Waals surface area contributed by atoms with E-state index in [1.54, 1.807) is 42.5 Å². The zero-order chi connectivity index (χ0) is 17.3. The van der Waals surface area contributed by atoms with E-state index in [4.69, 9.17) is 23.2 Å². The van der Waals surface area contributed by atoms with E-state index in [-0.39, 0.29) is 40.3 Å². The van der Waals surface area contributed by atoms with Crippen LogP contribution in [0.15, 0.2) is 42.5 Å². The number of para-hydroxylation sites is 2. The van der Waals surface area contributed by atoms with Crippen molar-refractivity contribution in [2.45, 2.75) is 12.8 Å². The molecule has 1 aliphatic rings. The van der Waals surface area contributed by atoms with Gasteiger partial charge in [0.1, 0.15) is 0 Å². The van der Waals surface area contributed by atoms with Gasteiger partial charge in [-0.1, -0.05) is 41.4 Å². The van der Waals surface area contributed by atoms with Crippen LogP contribution >= 0.6 is 23.2 Å². The van der Waals surface area contributed by atoms with Gasteiger partial charge >= 0.3 is 0 Å². The Morgan fingerprint density at radius 3 is 2.33 bits per heavy atom. The second-order valence-electron chi connectivity index (χ2n) is 5.20. The van der Waals surface area contributed by atoms with E-state index in [0.717, 1.165) is 4.90 Å². The van der Waals surface area contributed by atoms with Gasteiger partial charge in [-0.3, -0.25) is 14.4 Å². The molecule has 0 atom stereocenters. The predicted octanol–water partition coefficient (Wildman–Crippen LogP) is 3.90. The Labute approximate surface area is 148 Å². The molecule has 1 fully saturated rings. The molecule has 1 aliphatic heterocycles. The molecule has 0 saturated carbocycles. The molecule has 3 amide bonds. The van der Waals surface area contributed by atoms with Gasteiger partial charge in [0.2, 0.25) is 11.8 Å². The molecule has 7 heteroatoms. The normalized spacial score (nSPS) is 14.2. The SMILES string of the molecule is O=C(Nc1ccccc1N1C(=O)CCC1=O)c1cccc(Cl)c1Cl. The Bertz CT molecular complexity index is 835. The highest BCUT2D eigenvalue weighted by atomic mass is 35.5. The highest BCUT2D eigenvalue weighted by molar-refractivity contribution is 6.44. The quantitative estimate of drug-likeness (QED) is 0.842. The van der Waals surface area contributed by atoms with Crippen LogP contribution in [0.2, 0.25) is 10.0 Å². The number of halogens is 2. The second kappa shape index (κ2) is 6.63. The van der Waals surface area contributed by atoms with Crippen LogP contribution < -0.4 is 10.2 Å². The average molecular weight is 363 g/mol. The molecule has 0 bridgehead atoms. The van der Waals surface area contributed by atoms with Gasteiger partial charge in [0.05, 0.1) is 27.0 Å². The largest absolute Gasteiger partial charge is 0.320 e. The fourth-order valence-electron chi connectivity index (χ4n) is 2.49. The summed E-state index contributed by atoms with van der Waals surface area (Å²) < 4.78 is 0. The summed E-state index contributed by atoms with van der Waals surface area (Å²) in [6, 6.07) is 11.3. The number of anilines is 2. The number of imide groups is 1. The lowest BCUT2D eigenvalue weighted by molar-refractivity contribution is -0.121. The van der Waals surface area contributed by atoms with Crippen LogP contribution in [-0.4, -0.2) is 17.7 Å². The molecule has 2 aromatic rings. The third-order valence-corrected chi connectivity index (χ3v) is 4.46. The second-order valence-corrected chi connectivity index (χ2v) is 5.98. The number of amides is 3. The van der Waals surface area contributed by atoms with Gasteiger partial charge in [0.15, 0.2) is 0 Å². The molecule has 3 rings (SSSR count). The Kier molecular flexibility index (Phi) is 4.55. The molecule has 0 radical (unpaired) electrons. The molecule has 1 heterocycles. The van der Waals surface area contributed by atoms with Crippen molar-refractivity contribution in [1.29, 1.82) is 0 Å². The molecule has 122 valence electrons. The Morgan fingerprint density at radius 1 is 0.958 bits per heavy atom. The van der Waals surface area contributed by atoms with E-state index in [1.165, 1.54) is 0 Å². The number of hydrogen-bond acceptors (Lipinski definition) is 3. The Hall–Kier alpha value is -2.37. The number of carbonyl (C=O) groups is 3. The van der Waals surface area contributed by atoms with Crippen LogP contribution in [-0.2, 0) is 9.59 Å². The maximum atomic E-state index is 12.5. The first-order valence-electron chi connectivity index (χ1n) is 7.19. The number of nitrogens with zero attached hydrogens (tertiary/aromatic N) is 1. The Morgan fingerprint density at radius 2 is 1.62 bits per heavy atom. The van der Waals surface area contributed by atoms with Crippen molar-refractivity contribution in [1.82, 2.24) is 0 Å². The first kappa shape index (κ1) is 16.5. The summed E-state index contributed by atoms with van der Waals surface area (Å²) >= 11 is 12.0. The fraction of sp³-hybridized carbons (Fsp3) is 0.118. The van der Waals surface area contributed by atoms with E-state index < -0.39 is 5.91 Å². The molecule has 24 heavy (non-hydrogen) atoms. The van der Waals surface area contributed by atoms with E-state index >= 15 is 0 Å². The fourth-order valence-corrected chi connectivity index (χ4v) is 2.87. The van der Waals surface area contributed by atoms with Crippen LogP contribution in [0.1, 0.15) is 23.2 Å². The van der Waals surface area contributed by atoms with Crippen molar-refractivity contribution in [3.8, 4) is 0 Å². The standard InChI is InChI=1S/C17H12Cl2N2O3/c18-11-5-3-4-10(16(11)19)17(24)20-12-6-1-2-7-13(12)21-14(22)8-9-15(21)23/h1-7H,8-9H2,(H,20,24). The number of hydrogen-bond donors (Lipinski definition) is 1. The Balaban J connectivity index is 1.94. The van der Waals surface area contributed by atoms with E-state index in [1.807, 2.05) is 0 Å². The van der Waals surface area contributed by atoms with Gasteiger partial charge < -0.3 is 5.32 Å². The number of carbonyl (C=O) groups excluding carboxylic acids is 3. The molecule has 0 aromatic heterocycles. The lowest BCUT2D eigenvalue weighted by atomic mass is 10.2. The summed E-state index contributed by atoms with van der Waals surface area (Å²) in [7, 11) is 0. The van der Waals surface area contributed by atoms with Gasteiger partial charge in [0, 0.05) is 12.8 Å². The minimum Gasteiger partial charge on any atom is -0.320 e. The first-order chi connectivity index (χ1) is 11.5. The maximum absolute atomic E-state index is 12.5. The molecule has 1 N–H and O–H groups in total. The zero-order valence-electron chi connectivity index (χ0n) is 12.4.